The van der Waals surface area contributed by atoms with Crippen LogP contribution in [0.1, 0.15) is 10.5 Å². The van der Waals surface area contributed by atoms with Gasteiger partial charge in [0.25, 0.3) is 0 Å². The van der Waals surface area contributed by atoms with Crippen molar-refractivity contribution in [3.63, 3.8) is 0 Å². The summed E-state index contributed by atoms with van der Waals surface area (Å²) in [5.41, 5.74) is 0.958. The van der Waals surface area contributed by atoms with Crippen LogP contribution < -0.4 is 4.74 Å². The van der Waals surface area contributed by atoms with E-state index in [1.807, 2.05) is 0 Å². The number of aromatic amines is 1. The Balaban J connectivity index is 2.37. The molecule has 0 spiro atoms. The van der Waals surface area contributed by atoms with Gasteiger partial charge in [-0.1, -0.05) is 12.7 Å². The first kappa shape index (κ1) is 10.3. The highest BCUT2D eigenvalue weighted by Crippen LogP contribution is 2.21. The minimum atomic E-state index is -0.968. The summed E-state index contributed by atoms with van der Waals surface area (Å²) in [6.07, 6.45) is 1.66. The molecule has 2 rings (SSSR count). The molecule has 0 saturated heterocycles. The first-order chi connectivity index (χ1) is 7.70. The van der Waals surface area contributed by atoms with Gasteiger partial charge in [-0.3, -0.25) is 0 Å². The maximum Gasteiger partial charge on any atom is 0.352 e. The fourth-order valence-corrected chi connectivity index (χ4v) is 1.47. The quantitative estimate of drug-likeness (QED) is 0.773. The largest absolute Gasteiger partial charge is 0.490 e. The van der Waals surface area contributed by atoms with Crippen LogP contribution in [0.25, 0.3) is 10.9 Å². The normalized spacial score (nSPS) is 10.2. The highest BCUT2D eigenvalue weighted by Gasteiger charge is 2.07. The molecule has 0 atom stereocenters. The smallest absolute Gasteiger partial charge is 0.352 e. The molecular weight excluding hydrogens is 206 g/mol. The predicted molar refractivity (Wildman–Crippen MR) is 61.0 cm³/mol. The molecule has 0 saturated carbocycles. The molecule has 1 heterocycles. The highest BCUT2D eigenvalue weighted by atomic mass is 16.5. The maximum atomic E-state index is 10.8. The number of fused-ring (bicyclic) bond motifs is 1. The summed E-state index contributed by atoms with van der Waals surface area (Å²) in [5.74, 6) is -0.270. The van der Waals surface area contributed by atoms with E-state index in [-0.39, 0.29) is 5.69 Å². The molecule has 2 aromatic rings. The third kappa shape index (κ3) is 1.91. The Labute approximate surface area is 92.2 Å². The van der Waals surface area contributed by atoms with Crippen molar-refractivity contribution in [3.05, 3.63) is 42.6 Å². The second-order valence-corrected chi connectivity index (χ2v) is 3.34. The lowest BCUT2D eigenvalue weighted by Gasteiger charge is -2.01. The van der Waals surface area contributed by atoms with Gasteiger partial charge in [-0.2, -0.15) is 0 Å². The zero-order chi connectivity index (χ0) is 11.5. The Morgan fingerprint density at radius 3 is 3.00 bits per heavy atom. The van der Waals surface area contributed by atoms with E-state index in [0.717, 1.165) is 10.9 Å². The number of benzene rings is 1. The third-order valence-corrected chi connectivity index (χ3v) is 2.19. The lowest BCUT2D eigenvalue weighted by molar-refractivity contribution is 0.0691. The summed E-state index contributed by atoms with van der Waals surface area (Å²) < 4.78 is 5.35. The van der Waals surface area contributed by atoms with Crippen LogP contribution in [-0.4, -0.2) is 22.7 Å². The molecule has 1 aromatic carbocycles. The van der Waals surface area contributed by atoms with Gasteiger partial charge in [0.05, 0.1) is 0 Å². The van der Waals surface area contributed by atoms with Crippen LogP contribution in [0.15, 0.2) is 36.9 Å². The zero-order valence-corrected chi connectivity index (χ0v) is 8.56. The van der Waals surface area contributed by atoms with Crippen molar-refractivity contribution >= 4 is 16.9 Å². The second-order valence-electron chi connectivity index (χ2n) is 3.34. The van der Waals surface area contributed by atoms with E-state index >= 15 is 0 Å². The second kappa shape index (κ2) is 4.10. The molecule has 0 fully saturated rings. The van der Waals surface area contributed by atoms with Gasteiger partial charge in [0.1, 0.15) is 18.1 Å². The van der Waals surface area contributed by atoms with Gasteiger partial charge in [0.2, 0.25) is 0 Å². The Morgan fingerprint density at radius 1 is 1.50 bits per heavy atom. The molecular formula is C12H11NO3. The lowest BCUT2D eigenvalue weighted by Crippen LogP contribution is -1.94. The van der Waals surface area contributed by atoms with Crippen molar-refractivity contribution in [1.82, 2.24) is 4.98 Å². The van der Waals surface area contributed by atoms with E-state index in [2.05, 4.69) is 11.6 Å². The number of H-pyrrole nitrogens is 1. The Hall–Kier alpha value is -2.23. The van der Waals surface area contributed by atoms with Crippen LogP contribution in [0.3, 0.4) is 0 Å². The molecule has 2 N–H and O–H groups in total. The minimum Gasteiger partial charge on any atom is -0.490 e. The average molecular weight is 217 g/mol. The molecule has 0 aliphatic heterocycles. The molecule has 0 radical (unpaired) electrons. The zero-order valence-electron chi connectivity index (χ0n) is 8.56. The molecule has 16 heavy (non-hydrogen) atoms. The van der Waals surface area contributed by atoms with E-state index in [4.69, 9.17) is 9.84 Å². The summed E-state index contributed by atoms with van der Waals surface area (Å²) in [4.78, 5) is 13.6. The molecule has 1 aromatic heterocycles. The third-order valence-electron chi connectivity index (χ3n) is 2.19. The average Bonchev–Trinajstić information content (AvgIpc) is 2.69. The number of ether oxygens (including phenoxy) is 1. The molecule has 0 aliphatic rings. The van der Waals surface area contributed by atoms with E-state index in [9.17, 15) is 4.79 Å². The molecule has 0 aliphatic carbocycles. The number of carboxylic acid groups (broad SMARTS) is 1. The van der Waals surface area contributed by atoms with E-state index < -0.39 is 5.97 Å². The van der Waals surface area contributed by atoms with Gasteiger partial charge in [-0.15, -0.1) is 0 Å². The molecule has 82 valence electrons. The SMILES string of the molecule is C=CCOc1ccc2[nH]c(C(=O)O)cc2c1. The first-order valence-corrected chi connectivity index (χ1v) is 4.80. The lowest BCUT2D eigenvalue weighted by atomic mass is 10.2. The van der Waals surface area contributed by atoms with Crippen LogP contribution >= 0.6 is 0 Å². The minimum absolute atomic E-state index is 0.177. The Kier molecular flexibility index (Phi) is 2.64. The van der Waals surface area contributed by atoms with Crippen molar-refractivity contribution in [2.45, 2.75) is 0 Å². The van der Waals surface area contributed by atoms with Crippen molar-refractivity contribution in [2.75, 3.05) is 6.61 Å². The van der Waals surface area contributed by atoms with Crippen LogP contribution in [0.4, 0.5) is 0 Å². The van der Waals surface area contributed by atoms with Gasteiger partial charge in [-0.25, -0.2) is 4.79 Å². The van der Waals surface area contributed by atoms with Crippen molar-refractivity contribution in [3.8, 4) is 5.75 Å². The first-order valence-electron chi connectivity index (χ1n) is 4.80. The van der Waals surface area contributed by atoms with Crippen molar-refractivity contribution in [2.24, 2.45) is 0 Å². The number of carboxylic acids is 1. The molecule has 4 nitrogen and oxygen atoms in total. The van der Waals surface area contributed by atoms with E-state index in [0.29, 0.717) is 12.4 Å². The van der Waals surface area contributed by atoms with Crippen molar-refractivity contribution < 1.29 is 14.6 Å². The van der Waals surface area contributed by atoms with Gasteiger partial charge in [0.15, 0.2) is 0 Å². The number of carbonyl (C=O) groups is 1. The monoisotopic (exact) mass is 217 g/mol. The van der Waals surface area contributed by atoms with Crippen LogP contribution in [0.2, 0.25) is 0 Å². The van der Waals surface area contributed by atoms with Crippen LogP contribution in [-0.2, 0) is 0 Å². The number of rotatable bonds is 4. The van der Waals surface area contributed by atoms with Gasteiger partial charge >= 0.3 is 5.97 Å². The standard InChI is InChI=1S/C12H11NO3/c1-2-5-16-9-3-4-10-8(6-9)7-11(13-10)12(14)15/h2-4,6-7,13H,1,5H2,(H,14,15). The van der Waals surface area contributed by atoms with Gasteiger partial charge < -0.3 is 14.8 Å². The molecule has 0 unspecified atom stereocenters. The van der Waals surface area contributed by atoms with E-state index in [1.165, 1.54) is 0 Å². The van der Waals surface area contributed by atoms with Gasteiger partial charge in [0, 0.05) is 10.9 Å². The van der Waals surface area contributed by atoms with Crippen LogP contribution in [0, 0.1) is 0 Å². The topological polar surface area (TPSA) is 62.3 Å². The van der Waals surface area contributed by atoms with Crippen molar-refractivity contribution in [1.29, 1.82) is 0 Å². The van der Waals surface area contributed by atoms with Gasteiger partial charge in [-0.05, 0) is 24.3 Å². The number of hydrogen-bond donors (Lipinski definition) is 2. The Bertz CT molecular complexity index is 542. The fourth-order valence-electron chi connectivity index (χ4n) is 1.47. The number of hydrogen-bond acceptors (Lipinski definition) is 2. The fraction of sp³-hybridized carbons (Fsp3) is 0.0833. The van der Waals surface area contributed by atoms with Crippen LogP contribution in [0.5, 0.6) is 5.75 Å². The molecule has 4 heteroatoms. The number of aromatic nitrogens is 1. The number of aromatic carboxylic acids is 1. The summed E-state index contributed by atoms with van der Waals surface area (Å²) in [7, 11) is 0. The maximum absolute atomic E-state index is 10.8. The summed E-state index contributed by atoms with van der Waals surface area (Å²) >= 11 is 0. The number of nitrogens with one attached hydrogen (secondary N) is 1. The molecule has 0 amide bonds. The summed E-state index contributed by atoms with van der Waals surface area (Å²) in [6.45, 7) is 3.99. The molecule has 0 bridgehead atoms. The Morgan fingerprint density at radius 2 is 2.31 bits per heavy atom. The predicted octanol–water partition coefficient (Wildman–Crippen LogP) is 2.43. The highest BCUT2D eigenvalue weighted by molar-refractivity contribution is 5.94. The van der Waals surface area contributed by atoms with E-state index in [1.54, 1.807) is 30.3 Å². The summed E-state index contributed by atoms with van der Waals surface area (Å²) in [5, 5.41) is 9.64. The summed E-state index contributed by atoms with van der Waals surface area (Å²) in [6, 6.07) is 6.95.